The Balaban J connectivity index is 1.85. The van der Waals surface area contributed by atoms with Crippen LogP contribution >= 0.6 is 11.8 Å². The molecule has 24 heavy (non-hydrogen) atoms. The van der Waals surface area contributed by atoms with Crippen LogP contribution in [0.5, 0.6) is 0 Å². The van der Waals surface area contributed by atoms with Crippen molar-refractivity contribution in [1.29, 1.82) is 0 Å². The Morgan fingerprint density at radius 2 is 2.17 bits per heavy atom. The number of carbonyl (C=O) groups excluding carboxylic acids is 1. The van der Waals surface area contributed by atoms with Crippen molar-refractivity contribution in [2.24, 2.45) is 0 Å². The fourth-order valence-electron chi connectivity index (χ4n) is 2.47. The van der Waals surface area contributed by atoms with Crippen LogP contribution in [0, 0.1) is 0 Å². The number of thioether (sulfide) groups is 1. The number of ether oxygens (including phenoxy) is 1. The lowest BCUT2D eigenvalue weighted by molar-refractivity contribution is 0.102. The molecule has 1 aromatic carbocycles. The molecule has 5 nitrogen and oxygen atoms in total. The summed E-state index contributed by atoms with van der Waals surface area (Å²) in [5, 5.41) is 3.72. The topological polar surface area (TPSA) is 55.6 Å². The summed E-state index contributed by atoms with van der Waals surface area (Å²) < 4.78 is 7.33. The summed E-state index contributed by atoms with van der Waals surface area (Å²) in [5.41, 5.74) is 2.98. The quantitative estimate of drug-likeness (QED) is 0.692. The van der Waals surface area contributed by atoms with Crippen LogP contribution in [0.3, 0.4) is 0 Å². The van der Waals surface area contributed by atoms with Crippen LogP contribution in [0.15, 0.2) is 53.8 Å². The molecule has 2 aromatic heterocycles. The Kier molecular flexibility index (Phi) is 5.17. The summed E-state index contributed by atoms with van der Waals surface area (Å²) >= 11 is 1.51. The molecule has 6 heteroatoms. The molecule has 0 saturated heterocycles. The van der Waals surface area contributed by atoms with Crippen LogP contribution in [0.2, 0.25) is 0 Å². The molecule has 1 amide bonds. The number of nitrogens with zero attached hydrogens (tertiary/aromatic N) is 2. The zero-order valence-corrected chi connectivity index (χ0v) is 14.5. The van der Waals surface area contributed by atoms with E-state index < -0.39 is 0 Å². The van der Waals surface area contributed by atoms with Crippen molar-refractivity contribution >= 4 is 28.9 Å². The lowest BCUT2D eigenvalue weighted by atomic mass is 10.2. The first-order valence-corrected chi connectivity index (χ1v) is 8.94. The van der Waals surface area contributed by atoms with Gasteiger partial charge in [-0.3, -0.25) is 9.20 Å². The van der Waals surface area contributed by atoms with Crippen molar-refractivity contribution in [1.82, 2.24) is 9.38 Å². The minimum Gasteiger partial charge on any atom is -0.377 e. The van der Waals surface area contributed by atoms with Crippen LogP contribution < -0.4 is 5.32 Å². The third kappa shape index (κ3) is 3.44. The summed E-state index contributed by atoms with van der Waals surface area (Å²) in [7, 11) is 0. The molecule has 0 aliphatic heterocycles. The fraction of sp³-hybridized carbons (Fsp3) is 0.222. The lowest BCUT2D eigenvalue weighted by Gasteiger charge is -2.07. The van der Waals surface area contributed by atoms with Gasteiger partial charge in [0.05, 0.1) is 12.1 Å². The Labute approximate surface area is 145 Å². The van der Waals surface area contributed by atoms with E-state index in [1.807, 2.05) is 66.2 Å². The Hall–Kier alpha value is -2.31. The second-order valence-corrected chi connectivity index (χ2v) is 5.97. The minimum atomic E-state index is -0.215. The van der Waals surface area contributed by atoms with Gasteiger partial charge in [-0.1, -0.05) is 30.0 Å². The summed E-state index contributed by atoms with van der Waals surface area (Å²) in [6, 6.07) is 13.4. The van der Waals surface area contributed by atoms with E-state index in [1.165, 1.54) is 11.8 Å². The summed E-state index contributed by atoms with van der Waals surface area (Å²) in [4.78, 5) is 17.1. The number of imidazole rings is 1. The number of anilines is 1. The highest BCUT2D eigenvalue weighted by Crippen LogP contribution is 2.21. The van der Waals surface area contributed by atoms with Crippen molar-refractivity contribution in [3.8, 4) is 0 Å². The highest BCUT2D eigenvalue weighted by molar-refractivity contribution is 7.98. The van der Waals surface area contributed by atoms with Crippen LogP contribution in [-0.2, 0) is 11.3 Å². The monoisotopic (exact) mass is 341 g/mol. The van der Waals surface area contributed by atoms with Gasteiger partial charge in [-0.15, -0.1) is 0 Å². The summed E-state index contributed by atoms with van der Waals surface area (Å²) in [5.74, 6) is -0.215. The molecule has 1 N–H and O–H groups in total. The van der Waals surface area contributed by atoms with Gasteiger partial charge in [0, 0.05) is 18.5 Å². The van der Waals surface area contributed by atoms with E-state index in [9.17, 15) is 4.79 Å². The van der Waals surface area contributed by atoms with Gasteiger partial charge in [-0.25, -0.2) is 4.98 Å². The van der Waals surface area contributed by atoms with Crippen LogP contribution in [-0.4, -0.2) is 28.2 Å². The van der Waals surface area contributed by atoms with Crippen molar-refractivity contribution in [2.75, 3.05) is 18.2 Å². The summed E-state index contributed by atoms with van der Waals surface area (Å²) in [6.45, 7) is 3.15. The molecule has 0 aliphatic carbocycles. The predicted molar refractivity (Wildman–Crippen MR) is 96.7 cm³/mol. The third-order valence-electron chi connectivity index (χ3n) is 3.57. The van der Waals surface area contributed by atoms with Gasteiger partial charge in [0.25, 0.3) is 5.91 Å². The van der Waals surface area contributed by atoms with E-state index in [1.54, 1.807) is 0 Å². The van der Waals surface area contributed by atoms with E-state index in [4.69, 9.17) is 4.74 Å². The molecule has 3 aromatic rings. The first kappa shape index (κ1) is 16.5. The van der Waals surface area contributed by atoms with Gasteiger partial charge < -0.3 is 10.1 Å². The van der Waals surface area contributed by atoms with Gasteiger partial charge in [-0.05, 0) is 43.0 Å². The van der Waals surface area contributed by atoms with Crippen molar-refractivity contribution in [3.63, 3.8) is 0 Å². The molecule has 0 spiro atoms. The van der Waals surface area contributed by atoms with Gasteiger partial charge in [0.2, 0.25) is 0 Å². The highest BCUT2D eigenvalue weighted by atomic mass is 32.2. The zero-order chi connectivity index (χ0) is 16.9. The smallest absolute Gasteiger partial charge is 0.276 e. The molecule has 0 bridgehead atoms. The van der Waals surface area contributed by atoms with E-state index in [-0.39, 0.29) is 5.91 Å². The molecule has 0 unspecified atom stereocenters. The predicted octanol–water partition coefficient (Wildman–Crippen LogP) is 3.85. The molecule has 124 valence electrons. The number of hydrogen-bond acceptors (Lipinski definition) is 4. The fourth-order valence-corrected chi connectivity index (χ4v) is 3.01. The van der Waals surface area contributed by atoms with Gasteiger partial charge >= 0.3 is 0 Å². The number of rotatable bonds is 6. The molecule has 0 aliphatic rings. The lowest BCUT2D eigenvalue weighted by Crippen LogP contribution is -2.13. The number of hydrogen-bond donors (Lipinski definition) is 1. The molecule has 3 rings (SSSR count). The number of aromatic nitrogens is 2. The number of fused-ring (bicyclic) bond motifs is 1. The van der Waals surface area contributed by atoms with Gasteiger partial charge in [-0.2, -0.15) is 0 Å². The Morgan fingerprint density at radius 1 is 1.29 bits per heavy atom. The first-order chi connectivity index (χ1) is 11.7. The van der Waals surface area contributed by atoms with Gasteiger partial charge in [0.1, 0.15) is 0 Å². The second kappa shape index (κ2) is 7.51. The average molecular weight is 341 g/mol. The average Bonchev–Trinajstić information content (AvgIpc) is 2.99. The maximum absolute atomic E-state index is 12.7. The minimum absolute atomic E-state index is 0.215. The maximum atomic E-state index is 12.7. The number of pyridine rings is 1. The number of carbonyl (C=O) groups is 1. The SMILES string of the molecule is CCOCc1cccc(NC(=O)c2nc(SC)n3ccccc23)c1. The van der Waals surface area contributed by atoms with E-state index in [0.717, 1.165) is 21.9 Å². The maximum Gasteiger partial charge on any atom is 0.276 e. The van der Waals surface area contributed by atoms with Crippen LogP contribution in [0.1, 0.15) is 23.0 Å². The van der Waals surface area contributed by atoms with E-state index >= 15 is 0 Å². The number of nitrogens with one attached hydrogen (secondary N) is 1. The highest BCUT2D eigenvalue weighted by Gasteiger charge is 2.17. The molecule has 0 saturated carbocycles. The second-order valence-electron chi connectivity index (χ2n) is 5.19. The van der Waals surface area contributed by atoms with Crippen molar-refractivity contribution in [2.45, 2.75) is 18.7 Å². The largest absolute Gasteiger partial charge is 0.377 e. The zero-order valence-electron chi connectivity index (χ0n) is 13.7. The Morgan fingerprint density at radius 3 is 2.96 bits per heavy atom. The van der Waals surface area contributed by atoms with Gasteiger partial charge in [0.15, 0.2) is 10.9 Å². The van der Waals surface area contributed by atoms with Crippen molar-refractivity contribution < 1.29 is 9.53 Å². The van der Waals surface area contributed by atoms with E-state index in [0.29, 0.717) is 18.9 Å². The van der Waals surface area contributed by atoms with Crippen molar-refractivity contribution in [3.05, 3.63) is 59.9 Å². The molecular weight excluding hydrogens is 322 g/mol. The number of amides is 1. The standard InChI is InChI=1S/C18H19N3O2S/c1-3-23-12-13-7-6-8-14(11-13)19-17(22)16-15-9-4-5-10-21(15)18(20-16)24-2/h4-11H,3,12H2,1-2H3,(H,19,22). The summed E-state index contributed by atoms with van der Waals surface area (Å²) in [6.07, 6.45) is 3.86. The Bertz CT molecular complexity index is 860. The number of benzene rings is 1. The molecule has 0 atom stereocenters. The van der Waals surface area contributed by atoms with Crippen LogP contribution in [0.25, 0.3) is 5.52 Å². The molecular formula is C18H19N3O2S. The normalized spacial score (nSPS) is 10.9. The third-order valence-corrected chi connectivity index (χ3v) is 4.22. The molecule has 2 heterocycles. The molecule has 0 radical (unpaired) electrons. The first-order valence-electron chi connectivity index (χ1n) is 7.72. The van der Waals surface area contributed by atoms with Crippen LogP contribution in [0.4, 0.5) is 5.69 Å². The molecule has 0 fully saturated rings. The van der Waals surface area contributed by atoms with E-state index in [2.05, 4.69) is 10.3 Å².